The molecule has 2 heterocycles. The van der Waals surface area contributed by atoms with E-state index in [1.807, 2.05) is 24.3 Å². The van der Waals surface area contributed by atoms with Crippen molar-refractivity contribution in [3.8, 4) is 22.4 Å². The molecule has 0 aliphatic heterocycles. The zero-order valence-corrected chi connectivity index (χ0v) is 16.0. The lowest BCUT2D eigenvalue weighted by Crippen LogP contribution is -2.15. The maximum Gasteiger partial charge on any atom is 0.239 e. The number of hydrogen-bond acceptors (Lipinski definition) is 5. The van der Waals surface area contributed by atoms with Crippen LogP contribution in [-0.2, 0) is 17.8 Å². The Morgan fingerprint density at radius 2 is 1.70 bits per heavy atom. The molecule has 2 aromatic heterocycles. The molecular formula is C23H19FN4O2. The monoisotopic (exact) mass is 402 g/mol. The molecule has 7 heteroatoms. The van der Waals surface area contributed by atoms with E-state index in [0.717, 1.165) is 16.7 Å². The molecular weight excluding hydrogens is 383 g/mol. The Bertz CT molecular complexity index is 1170. The molecule has 4 aromatic rings. The van der Waals surface area contributed by atoms with Gasteiger partial charge >= 0.3 is 0 Å². The summed E-state index contributed by atoms with van der Waals surface area (Å²) in [5.74, 6) is -0.660. The van der Waals surface area contributed by atoms with E-state index in [2.05, 4.69) is 15.5 Å². The molecule has 0 radical (unpaired) electrons. The van der Waals surface area contributed by atoms with Crippen LogP contribution < -0.4 is 11.1 Å². The molecule has 0 atom stereocenters. The number of hydrogen-bond donors (Lipinski definition) is 2. The number of rotatable bonds is 6. The smallest absolute Gasteiger partial charge is 0.239 e. The summed E-state index contributed by atoms with van der Waals surface area (Å²) < 4.78 is 19.4. The Kier molecular flexibility index (Phi) is 5.63. The lowest BCUT2D eigenvalue weighted by Gasteiger charge is -2.09. The first-order chi connectivity index (χ1) is 14.7. The summed E-state index contributed by atoms with van der Waals surface area (Å²) in [5.41, 5.74) is 9.84. The number of carbonyl (C=O) groups is 1. The quantitative estimate of drug-likeness (QED) is 0.505. The summed E-state index contributed by atoms with van der Waals surface area (Å²) in [4.78, 5) is 16.6. The van der Waals surface area contributed by atoms with E-state index in [0.29, 0.717) is 23.4 Å². The lowest BCUT2D eigenvalue weighted by atomic mass is 9.98. The molecule has 6 nitrogen and oxygen atoms in total. The van der Waals surface area contributed by atoms with E-state index in [-0.39, 0.29) is 12.3 Å². The summed E-state index contributed by atoms with van der Waals surface area (Å²) in [7, 11) is 0. The highest BCUT2D eigenvalue weighted by Gasteiger charge is 2.22. The molecule has 3 N–H and O–H groups in total. The molecule has 0 saturated heterocycles. The fraction of sp³-hybridized carbons (Fsp3) is 0.0870. The first kappa shape index (κ1) is 19.5. The molecule has 0 aliphatic carbocycles. The molecule has 1 amide bonds. The largest absolute Gasteiger partial charge is 0.337 e. The highest BCUT2D eigenvalue weighted by molar-refractivity contribution is 5.98. The van der Waals surface area contributed by atoms with E-state index in [1.165, 1.54) is 6.07 Å². The third-order valence-electron chi connectivity index (χ3n) is 4.72. The summed E-state index contributed by atoms with van der Waals surface area (Å²) in [6.07, 6.45) is 3.16. The van der Waals surface area contributed by atoms with Gasteiger partial charge in [-0.15, -0.1) is 0 Å². The standard InChI is InChI=1S/C23H19FN4O2/c24-19-8-4-2-5-16(19)13-20(29)27-23-21(15-9-11-26-12-10-15)22(28-30-23)18-7-3-1-6-17(18)14-25/h1-12H,13-14,25H2,(H,27,29). The van der Waals surface area contributed by atoms with Gasteiger partial charge in [-0.2, -0.15) is 0 Å². The Morgan fingerprint density at radius 3 is 2.43 bits per heavy atom. The fourth-order valence-electron chi connectivity index (χ4n) is 3.26. The number of nitrogens with two attached hydrogens (primary N) is 1. The zero-order valence-electron chi connectivity index (χ0n) is 16.0. The highest BCUT2D eigenvalue weighted by Crippen LogP contribution is 2.38. The van der Waals surface area contributed by atoms with E-state index in [1.54, 1.807) is 42.7 Å². The highest BCUT2D eigenvalue weighted by atomic mass is 19.1. The van der Waals surface area contributed by atoms with Crippen LogP contribution in [0.1, 0.15) is 11.1 Å². The number of aromatic nitrogens is 2. The second-order valence-electron chi connectivity index (χ2n) is 6.65. The zero-order chi connectivity index (χ0) is 20.9. The Morgan fingerprint density at radius 1 is 1.00 bits per heavy atom. The van der Waals surface area contributed by atoms with Crippen molar-refractivity contribution in [3.63, 3.8) is 0 Å². The molecule has 0 spiro atoms. The maximum atomic E-state index is 13.9. The van der Waals surface area contributed by atoms with Crippen molar-refractivity contribution in [3.05, 3.63) is 90.0 Å². The minimum atomic E-state index is -0.433. The van der Waals surface area contributed by atoms with E-state index in [4.69, 9.17) is 10.3 Å². The van der Waals surface area contributed by atoms with Crippen molar-refractivity contribution in [2.75, 3.05) is 5.32 Å². The van der Waals surface area contributed by atoms with Crippen LogP contribution in [0.2, 0.25) is 0 Å². The van der Waals surface area contributed by atoms with Gasteiger partial charge in [-0.25, -0.2) is 4.39 Å². The van der Waals surface area contributed by atoms with Crippen LogP contribution in [0, 0.1) is 5.82 Å². The van der Waals surface area contributed by atoms with Crippen LogP contribution >= 0.6 is 0 Å². The number of nitrogens with zero attached hydrogens (tertiary/aromatic N) is 2. The van der Waals surface area contributed by atoms with Crippen molar-refractivity contribution in [1.82, 2.24) is 10.1 Å². The topological polar surface area (TPSA) is 94.0 Å². The predicted molar refractivity (Wildman–Crippen MR) is 112 cm³/mol. The second-order valence-corrected chi connectivity index (χ2v) is 6.65. The number of benzene rings is 2. The number of carbonyl (C=O) groups excluding carboxylic acids is 1. The van der Waals surface area contributed by atoms with Gasteiger partial charge < -0.3 is 10.3 Å². The van der Waals surface area contributed by atoms with Gasteiger partial charge in [0.05, 0.1) is 12.0 Å². The van der Waals surface area contributed by atoms with Gasteiger partial charge in [-0.1, -0.05) is 47.6 Å². The molecule has 30 heavy (non-hydrogen) atoms. The normalized spacial score (nSPS) is 10.7. The van der Waals surface area contributed by atoms with Gasteiger partial charge in [0, 0.05) is 24.5 Å². The van der Waals surface area contributed by atoms with Crippen LogP contribution in [0.4, 0.5) is 10.3 Å². The van der Waals surface area contributed by atoms with Crippen molar-refractivity contribution in [2.45, 2.75) is 13.0 Å². The number of pyridine rings is 1. The molecule has 0 fully saturated rings. The molecule has 2 aromatic carbocycles. The number of anilines is 1. The maximum absolute atomic E-state index is 13.9. The van der Waals surface area contributed by atoms with E-state index in [9.17, 15) is 9.18 Å². The summed E-state index contributed by atoms with van der Waals surface area (Å²) >= 11 is 0. The summed E-state index contributed by atoms with van der Waals surface area (Å²) in [6, 6.07) is 17.3. The average Bonchev–Trinajstić information content (AvgIpc) is 3.19. The number of nitrogens with one attached hydrogen (secondary N) is 1. The van der Waals surface area contributed by atoms with Crippen LogP contribution in [0.15, 0.2) is 77.6 Å². The molecule has 0 bridgehead atoms. The van der Waals surface area contributed by atoms with Crippen molar-refractivity contribution >= 4 is 11.8 Å². The SMILES string of the molecule is NCc1ccccc1-c1noc(NC(=O)Cc2ccccc2F)c1-c1ccncc1. The fourth-order valence-corrected chi connectivity index (χ4v) is 3.26. The lowest BCUT2D eigenvalue weighted by molar-refractivity contribution is -0.115. The number of amides is 1. The predicted octanol–water partition coefficient (Wildman–Crippen LogP) is 4.18. The van der Waals surface area contributed by atoms with Gasteiger partial charge in [0.2, 0.25) is 11.8 Å². The molecule has 4 rings (SSSR count). The summed E-state index contributed by atoms with van der Waals surface area (Å²) in [5, 5.41) is 6.94. The van der Waals surface area contributed by atoms with Crippen molar-refractivity contribution in [1.29, 1.82) is 0 Å². The van der Waals surface area contributed by atoms with Crippen LogP contribution in [0.3, 0.4) is 0 Å². The van der Waals surface area contributed by atoms with Gasteiger partial charge in [0.15, 0.2) is 0 Å². The van der Waals surface area contributed by atoms with Crippen molar-refractivity contribution in [2.24, 2.45) is 5.73 Å². The van der Waals surface area contributed by atoms with Gasteiger partial charge in [-0.3, -0.25) is 15.1 Å². The average molecular weight is 402 g/mol. The number of halogens is 1. The first-order valence-electron chi connectivity index (χ1n) is 9.39. The molecule has 0 aliphatic rings. The second kappa shape index (κ2) is 8.67. The summed E-state index contributed by atoms with van der Waals surface area (Å²) in [6.45, 7) is 0.327. The Balaban J connectivity index is 1.73. The van der Waals surface area contributed by atoms with E-state index < -0.39 is 11.7 Å². The minimum absolute atomic E-state index is 0.127. The molecule has 150 valence electrons. The van der Waals surface area contributed by atoms with Gasteiger partial charge in [-0.05, 0) is 34.9 Å². The van der Waals surface area contributed by atoms with E-state index >= 15 is 0 Å². The van der Waals surface area contributed by atoms with Gasteiger partial charge in [0.1, 0.15) is 11.5 Å². The third kappa shape index (κ3) is 3.97. The molecule has 0 unspecified atom stereocenters. The first-order valence-corrected chi connectivity index (χ1v) is 9.39. The van der Waals surface area contributed by atoms with Crippen molar-refractivity contribution < 1.29 is 13.7 Å². The Labute approximate surface area is 172 Å². The Hall–Kier alpha value is -3.84. The van der Waals surface area contributed by atoms with Crippen LogP contribution in [0.5, 0.6) is 0 Å². The van der Waals surface area contributed by atoms with Crippen LogP contribution in [-0.4, -0.2) is 16.0 Å². The van der Waals surface area contributed by atoms with Gasteiger partial charge in [0.25, 0.3) is 0 Å². The third-order valence-corrected chi connectivity index (χ3v) is 4.72. The van der Waals surface area contributed by atoms with Crippen LogP contribution in [0.25, 0.3) is 22.4 Å². The minimum Gasteiger partial charge on any atom is -0.337 e. The molecule has 0 saturated carbocycles.